The van der Waals surface area contributed by atoms with Crippen LogP contribution in [0.25, 0.3) is 10.1 Å². The van der Waals surface area contributed by atoms with Crippen molar-refractivity contribution in [3.05, 3.63) is 37.7 Å². The number of hydrogen-bond donors (Lipinski definition) is 0. The molecule has 2 aromatic rings. The molecule has 0 aliphatic heterocycles. The van der Waals surface area contributed by atoms with E-state index < -0.39 is 4.92 Å². The highest BCUT2D eigenvalue weighted by atomic mass is 35.5. The normalized spacial score (nSPS) is 10.7. The van der Waals surface area contributed by atoms with Crippen molar-refractivity contribution in [1.82, 2.24) is 0 Å². The third kappa shape index (κ3) is 1.35. The number of nitro groups is 1. The van der Waals surface area contributed by atoms with E-state index in [4.69, 9.17) is 23.2 Å². The van der Waals surface area contributed by atoms with Crippen molar-refractivity contribution in [1.29, 1.82) is 0 Å². The summed E-state index contributed by atoms with van der Waals surface area (Å²) in [6.45, 7) is 0. The highest BCUT2D eigenvalue weighted by Gasteiger charge is 2.19. The first-order valence-corrected chi connectivity index (χ1v) is 5.24. The third-order valence-electron chi connectivity index (χ3n) is 1.80. The molecule has 0 radical (unpaired) electrons. The van der Waals surface area contributed by atoms with Crippen LogP contribution >= 0.6 is 34.5 Å². The molecular weight excluding hydrogens is 245 g/mol. The highest BCUT2D eigenvalue weighted by molar-refractivity contribution is 7.18. The van der Waals surface area contributed by atoms with Gasteiger partial charge in [-0.25, -0.2) is 0 Å². The molecule has 0 unspecified atom stereocenters. The Morgan fingerprint density at radius 1 is 1.36 bits per heavy atom. The molecule has 0 amide bonds. The van der Waals surface area contributed by atoms with Crippen LogP contribution < -0.4 is 0 Å². The Hall–Kier alpha value is -0.840. The second-order valence-electron chi connectivity index (χ2n) is 2.61. The van der Waals surface area contributed by atoms with Gasteiger partial charge < -0.3 is 0 Å². The number of halogens is 2. The fourth-order valence-corrected chi connectivity index (χ4v) is 2.72. The van der Waals surface area contributed by atoms with E-state index in [0.29, 0.717) is 15.1 Å². The van der Waals surface area contributed by atoms with Crippen LogP contribution in [-0.2, 0) is 0 Å². The lowest BCUT2D eigenvalue weighted by atomic mass is 10.2. The summed E-state index contributed by atoms with van der Waals surface area (Å²) >= 11 is 13.0. The van der Waals surface area contributed by atoms with Crippen LogP contribution in [0.2, 0.25) is 10.0 Å². The average molecular weight is 248 g/mol. The van der Waals surface area contributed by atoms with E-state index >= 15 is 0 Å². The van der Waals surface area contributed by atoms with Crippen molar-refractivity contribution in [3.8, 4) is 0 Å². The van der Waals surface area contributed by atoms with Crippen molar-refractivity contribution in [2.45, 2.75) is 0 Å². The predicted molar refractivity (Wildman–Crippen MR) is 58.5 cm³/mol. The van der Waals surface area contributed by atoms with E-state index in [1.807, 2.05) is 0 Å². The van der Waals surface area contributed by atoms with Gasteiger partial charge in [0.05, 0.1) is 20.0 Å². The molecule has 0 aliphatic carbocycles. The van der Waals surface area contributed by atoms with Gasteiger partial charge in [0.15, 0.2) is 0 Å². The van der Waals surface area contributed by atoms with Gasteiger partial charge >= 0.3 is 0 Å². The van der Waals surface area contributed by atoms with Crippen molar-refractivity contribution in [2.75, 3.05) is 0 Å². The molecule has 0 spiro atoms. The van der Waals surface area contributed by atoms with Crippen molar-refractivity contribution in [3.63, 3.8) is 0 Å². The molecule has 0 saturated carbocycles. The van der Waals surface area contributed by atoms with Crippen molar-refractivity contribution < 1.29 is 4.92 Å². The Labute approximate surface area is 93.0 Å². The van der Waals surface area contributed by atoms with E-state index in [2.05, 4.69) is 0 Å². The average Bonchev–Trinajstić information content (AvgIpc) is 2.51. The summed E-state index contributed by atoms with van der Waals surface area (Å²) in [6, 6.07) is 3.05. The Bertz CT molecular complexity index is 523. The third-order valence-corrected chi connectivity index (χ3v) is 3.45. The summed E-state index contributed by atoms with van der Waals surface area (Å²) in [6.07, 6.45) is 0. The van der Waals surface area contributed by atoms with Gasteiger partial charge in [-0.3, -0.25) is 10.1 Å². The summed E-state index contributed by atoms with van der Waals surface area (Å²) < 4.78 is 0.697. The molecule has 1 aromatic carbocycles. The van der Waals surface area contributed by atoms with Crippen molar-refractivity contribution in [2.24, 2.45) is 0 Å². The number of benzene rings is 1. The molecule has 0 atom stereocenters. The molecule has 1 heterocycles. The summed E-state index contributed by atoms with van der Waals surface area (Å²) in [5.74, 6) is 0. The van der Waals surface area contributed by atoms with E-state index in [0.717, 1.165) is 0 Å². The second kappa shape index (κ2) is 3.38. The van der Waals surface area contributed by atoms with Gasteiger partial charge in [-0.2, -0.15) is 0 Å². The molecule has 1 aromatic heterocycles. The lowest BCUT2D eigenvalue weighted by molar-refractivity contribution is -0.382. The number of nitro benzene ring substituents is 1. The Morgan fingerprint density at radius 2 is 2.07 bits per heavy atom. The number of rotatable bonds is 1. The van der Waals surface area contributed by atoms with Crippen LogP contribution in [0.15, 0.2) is 17.5 Å². The zero-order valence-corrected chi connectivity index (χ0v) is 8.99. The van der Waals surface area contributed by atoms with Gasteiger partial charge in [0, 0.05) is 0 Å². The minimum absolute atomic E-state index is 0.0749. The Morgan fingerprint density at radius 3 is 2.71 bits per heavy atom. The van der Waals surface area contributed by atoms with Crippen molar-refractivity contribution >= 4 is 50.3 Å². The minimum Gasteiger partial charge on any atom is -0.258 e. The lowest BCUT2D eigenvalue weighted by Gasteiger charge is -1.98. The monoisotopic (exact) mass is 247 g/mol. The predicted octanol–water partition coefficient (Wildman–Crippen LogP) is 4.12. The van der Waals surface area contributed by atoms with Crippen LogP contribution in [0.3, 0.4) is 0 Å². The van der Waals surface area contributed by atoms with Crippen LogP contribution in [0.1, 0.15) is 0 Å². The smallest absolute Gasteiger partial charge is 0.258 e. The van der Waals surface area contributed by atoms with Gasteiger partial charge in [-0.15, -0.1) is 11.3 Å². The molecule has 0 N–H and O–H groups in total. The minimum atomic E-state index is -0.492. The molecular formula is C8H3Cl2NO2S. The first-order chi connectivity index (χ1) is 6.61. The fourth-order valence-electron chi connectivity index (χ4n) is 1.24. The topological polar surface area (TPSA) is 43.1 Å². The molecule has 6 heteroatoms. The number of hydrogen-bond acceptors (Lipinski definition) is 3. The molecule has 14 heavy (non-hydrogen) atoms. The van der Waals surface area contributed by atoms with E-state index in [9.17, 15) is 10.1 Å². The largest absolute Gasteiger partial charge is 0.296 e. The second-order valence-corrected chi connectivity index (χ2v) is 4.34. The van der Waals surface area contributed by atoms with Gasteiger partial charge in [0.25, 0.3) is 5.69 Å². The standard InChI is InChI=1S/C8H3Cl2NO2S/c9-5-3-6(10)8-4(1-2-14-8)7(5)11(12)13/h1-3H. The van der Waals surface area contributed by atoms with Crippen LogP contribution in [0.4, 0.5) is 5.69 Å². The molecule has 0 aliphatic rings. The number of fused-ring (bicyclic) bond motifs is 1. The molecule has 0 fully saturated rings. The zero-order valence-electron chi connectivity index (χ0n) is 6.66. The maximum absolute atomic E-state index is 10.7. The van der Waals surface area contributed by atoms with Gasteiger partial charge in [0.2, 0.25) is 0 Å². The van der Waals surface area contributed by atoms with E-state index in [-0.39, 0.29) is 10.7 Å². The first kappa shape index (κ1) is 9.71. The summed E-state index contributed by atoms with van der Waals surface area (Å²) in [5, 5.41) is 13.5. The molecule has 72 valence electrons. The van der Waals surface area contributed by atoms with Gasteiger partial charge in [-0.05, 0) is 17.5 Å². The SMILES string of the molecule is O=[N+]([O-])c1c(Cl)cc(Cl)c2sccc12. The summed E-state index contributed by atoms with van der Waals surface area (Å²) in [4.78, 5) is 10.2. The highest BCUT2D eigenvalue weighted by Crippen LogP contribution is 2.40. The maximum atomic E-state index is 10.7. The molecule has 3 nitrogen and oxygen atoms in total. The number of nitrogens with zero attached hydrogens (tertiary/aromatic N) is 1. The Balaban J connectivity index is 2.93. The quantitative estimate of drug-likeness (QED) is 0.562. The summed E-state index contributed by atoms with van der Waals surface area (Å²) in [5.41, 5.74) is -0.0766. The van der Waals surface area contributed by atoms with E-state index in [1.54, 1.807) is 11.4 Å². The fraction of sp³-hybridized carbons (Fsp3) is 0. The first-order valence-electron chi connectivity index (χ1n) is 3.61. The molecule has 0 bridgehead atoms. The van der Waals surface area contributed by atoms with Gasteiger partial charge in [-0.1, -0.05) is 23.2 Å². The molecule has 2 rings (SSSR count). The van der Waals surface area contributed by atoms with Crippen LogP contribution in [0, 0.1) is 10.1 Å². The summed E-state index contributed by atoms with van der Waals surface area (Å²) in [7, 11) is 0. The van der Waals surface area contributed by atoms with Gasteiger partial charge in [0.1, 0.15) is 5.02 Å². The van der Waals surface area contributed by atoms with Crippen LogP contribution in [-0.4, -0.2) is 4.92 Å². The zero-order chi connectivity index (χ0) is 10.3. The lowest BCUT2D eigenvalue weighted by Crippen LogP contribution is -1.89. The van der Waals surface area contributed by atoms with Crippen LogP contribution in [0.5, 0.6) is 0 Å². The van der Waals surface area contributed by atoms with E-state index in [1.165, 1.54) is 17.4 Å². The Kier molecular flexibility index (Phi) is 2.34. The number of thiophene rings is 1. The maximum Gasteiger partial charge on any atom is 0.296 e. The molecule has 0 saturated heterocycles.